The Morgan fingerprint density at radius 2 is 2.17 bits per heavy atom. The molecule has 0 bridgehead atoms. The van der Waals surface area contributed by atoms with E-state index in [1.165, 1.54) is 18.5 Å². The highest BCUT2D eigenvalue weighted by Crippen LogP contribution is 2.41. The molecule has 1 aliphatic rings. The Morgan fingerprint density at radius 3 is 2.78 bits per heavy atom. The smallest absolute Gasteiger partial charge is 0.0767 e. The normalized spacial score (nSPS) is 15.1. The van der Waals surface area contributed by atoms with Crippen LogP contribution < -0.4 is 5.73 Å². The predicted molar refractivity (Wildman–Crippen MR) is 73.2 cm³/mol. The molecule has 1 aromatic heterocycles. The molecular weight excluding hydrogens is 246 g/mol. The lowest BCUT2D eigenvalue weighted by Gasteiger charge is -2.08. The van der Waals surface area contributed by atoms with Gasteiger partial charge < -0.3 is 5.73 Å². The number of aryl methyl sites for hydroxylation is 1. The van der Waals surface area contributed by atoms with Crippen molar-refractivity contribution in [3.63, 3.8) is 0 Å². The molecule has 0 unspecified atom stereocenters. The summed E-state index contributed by atoms with van der Waals surface area (Å²) in [5, 5.41) is 5.34. The van der Waals surface area contributed by atoms with E-state index >= 15 is 0 Å². The summed E-state index contributed by atoms with van der Waals surface area (Å²) in [6.07, 6.45) is 2.49. The molecule has 4 heteroatoms. The topological polar surface area (TPSA) is 43.8 Å². The molecule has 94 valence electrons. The number of hydrogen-bond acceptors (Lipinski definition) is 2. The molecule has 1 fully saturated rings. The molecule has 1 heterocycles. The Bertz CT molecular complexity index is 585. The van der Waals surface area contributed by atoms with Gasteiger partial charge in [-0.25, -0.2) is 4.68 Å². The minimum absolute atomic E-state index is 0.478. The van der Waals surface area contributed by atoms with Crippen molar-refractivity contribution in [3.8, 4) is 5.69 Å². The van der Waals surface area contributed by atoms with Crippen molar-refractivity contribution in [1.82, 2.24) is 9.78 Å². The zero-order valence-electron chi connectivity index (χ0n) is 10.4. The highest BCUT2D eigenvalue weighted by atomic mass is 35.5. The van der Waals surface area contributed by atoms with Crippen LogP contribution in [0.2, 0.25) is 5.02 Å². The minimum Gasteiger partial charge on any atom is -0.325 e. The van der Waals surface area contributed by atoms with Crippen molar-refractivity contribution in [2.75, 3.05) is 0 Å². The van der Waals surface area contributed by atoms with Crippen LogP contribution in [0.1, 0.15) is 35.7 Å². The number of nitrogens with zero attached hydrogens (tertiary/aromatic N) is 2. The quantitative estimate of drug-likeness (QED) is 0.922. The van der Waals surface area contributed by atoms with Crippen LogP contribution in [0, 0.1) is 6.92 Å². The fourth-order valence-corrected chi connectivity index (χ4v) is 2.31. The number of rotatable bonds is 3. The first-order valence-corrected chi connectivity index (χ1v) is 6.62. The highest BCUT2D eigenvalue weighted by Gasteiger charge is 2.28. The van der Waals surface area contributed by atoms with E-state index < -0.39 is 0 Å². The lowest BCUT2D eigenvalue weighted by Crippen LogP contribution is -2.03. The highest BCUT2D eigenvalue weighted by molar-refractivity contribution is 6.31. The zero-order valence-corrected chi connectivity index (χ0v) is 11.1. The number of halogens is 1. The Morgan fingerprint density at radius 1 is 1.39 bits per heavy atom. The van der Waals surface area contributed by atoms with E-state index in [4.69, 9.17) is 17.3 Å². The first-order valence-electron chi connectivity index (χ1n) is 6.24. The van der Waals surface area contributed by atoms with E-state index in [1.54, 1.807) is 0 Å². The van der Waals surface area contributed by atoms with Gasteiger partial charge in [-0.1, -0.05) is 17.7 Å². The van der Waals surface area contributed by atoms with Gasteiger partial charge in [-0.2, -0.15) is 5.10 Å². The summed E-state index contributed by atoms with van der Waals surface area (Å²) < 4.78 is 1.99. The number of nitrogens with two attached hydrogens (primary N) is 1. The third-order valence-electron chi connectivity index (χ3n) is 3.39. The van der Waals surface area contributed by atoms with Crippen LogP contribution in [0.3, 0.4) is 0 Å². The predicted octanol–water partition coefficient (Wildman–Crippen LogP) is 3.17. The van der Waals surface area contributed by atoms with Gasteiger partial charge in [-0.05, 0) is 43.5 Å². The van der Waals surface area contributed by atoms with E-state index in [0.29, 0.717) is 12.5 Å². The lowest BCUT2D eigenvalue weighted by atomic mass is 10.2. The molecule has 0 spiro atoms. The Kier molecular flexibility index (Phi) is 2.88. The van der Waals surface area contributed by atoms with Gasteiger partial charge in [0.05, 0.1) is 11.4 Å². The molecule has 18 heavy (non-hydrogen) atoms. The molecule has 0 aliphatic heterocycles. The summed E-state index contributed by atoms with van der Waals surface area (Å²) >= 11 is 6.19. The van der Waals surface area contributed by atoms with Crippen molar-refractivity contribution in [3.05, 3.63) is 46.2 Å². The van der Waals surface area contributed by atoms with Crippen molar-refractivity contribution < 1.29 is 0 Å². The summed E-state index contributed by atoms with van der Waals surface area (Å²) in [6.45, 7) is 2.48. The Hall–Kier alpha value is -1.32. The molecule has 0 amide bonds. The Labute approximate surface area is 112 Å². The maximum absolute atomic E-state index is 6.19. The van der Waals surface area contributed by atoms with Gasteiger partial charge in [-0.3, -0.25) is 0 Å². The SMILES string of the molecule is Cc1ccc(-n2nc(CN)cc2C2CC2)cc1Cl. The van der Waals surface area contributed by atoms with Gasteiger partial charge >= 0.3 is 0 Å². The average Bonchev–Trinajstić information content (AvgIpc) is 3.12. The summed E-state index contributed by atoms with van der Waals surface area (Å²) in [7, 11) is 0. The second kappa shape index (κ2) is 4.41. The van der Waals surface area contributed by atoms with Gasteiger partial charge in [-0.15, -0.1) is 0 Å². The van der Waals surface area contributed by atoms with Gasteiger partial charge in [0, 0.05) is 23.2 Å². The molecule has 2 aromatic rings. The molecule has 1 aliphatic carbocycles. The number of aromatic nitrogens is 2. The van der Waals surface area contributed by atoms with E-state index in [-0.39, 0.29) is 0 Å². The second-order valence-corrected chi connectivity index (χ2v) is 5.29. The van der Waals surface area contributed by atoms with Crippen molar-refractivity contribution in [2.45, 2.75) is 32.2 Å². The molecule has 0 atom stereocenters. The number of hydrogen-bond donors (Lipinski definition) is 1. The molecule has 0 saturated heterocycles. The molecule has 1 saturated carbocycles. The lowest BCUT2D eigenvalue weighted by molar-refractivity contribution is 0.786. The van der Waals surface area contributed by atoms with E-state index in [1.807, 2.05) is 23.7 Å². The monoisotopic (exact) mass is 261 g/mol. The van der Waals surface area contributed by atoms with Crippen LogP contribution in [0.15, 0.2) is 24.3 Å². The minimum atomic E-state index is 0.478. The van der Waals surface area contributed by atoms with Gasteiger partial charge in [0.2, 0.25) is 0 Å². The largest absolute Gasteiger partial charge is 0.325 e. The van der Waals surface area contributed by atoms with Crippen LogP contribution in [-0.4, -0.2) is 9.78 Å². The first kappa shape index (κ1) is 11.8. The third kappa shape index (κ3) is 2.04. The third-order valence-corrected chi connectivity index (χ3v) is 3.80. The van der Waals surface area contributed by atoms with E-state index in [0.717, 1.165) is 22.0 Å². The second-order valence-electron chi connectivity index (χ2n) is 4.88. The fraction of sp³-hybridized carbons (Fsp3) is 0.357. The van der Waals surface area contributed by atoms with Crippen LogP contribution in [0.5, 0.6) is 0 Å². The molecule has 2 N–H and O–H groups in total. The maximum atomic E-state index is 6.19. The van der Waals surface area contributed by atoms with Gasteiger partial charge in [0.1, 0.15) is 0 Å². The van der Waals surface area contributed by atoms with Crippen molar-refractivity contribution in [2.24, 2.45) is 5.73 Å². The van der Waals surface area contributed by atoms with Crippen LogP contribution in [0.4, 0.5) is 0 Å². The molecule has 3 rings (SSSR count). The van der Waals surface area contributed by atoms with E-state index in [9.17, 15) is 0 Å². The van der Waals surface area contributed by atoms with Gasteiger partial charge in [0.25, 0.3) is 0 Å². The van der Waals surface area contributed by atoms with Crippen molar-refractivity contribution in [1.29, 1.82) is 0 Å². The van der Waals surface area contributed by atoms with Crippen LogP contribution >= 0.6 is 11.6 Å². The summed E-state index contributed by atoms with van der Waals surface area (Å²) in [6, 6.07) is 8.17. The maximum Gasteiger partial charge on any atom is 0.0767 e. The van der Waals surface area contributed by atoms with Crippen molar-refractivity contribution >= 4 is 11.6 Å². The average molecular weight is 262 g/mol. The van der Waals surface area contributed by atoms with Crippen LogP contribution in [0.25, 0.3) is 5.69 Å². The molecular formula is C14H16ClN3. The molecule has 0 radical (unpaired) electrons. The van der Waals surface area contributed by atoms with Gasteiger partial charge in [0.15, 0.2) is 0 Å². The summed E-state index contributed by atoms with van der Waals surface area (Å²) in [5.41, 5.74) is 9.98. The summed E-state index contributed by atoms with van der Waals surface area (Å²) in [5.74, 6) is 0.637. The molecule has 1 aromatic carbocycles. The fourth-order valence-electron chi connectivity index (χ4n) is 2.14. The molecule has 3 nitrogen and oxygen atoms in total. The zero-order chi connectivity index (χ0) is 12.7. The first-order chi connectivity index (χ1) is 8.69. The summed E-state index contributed by atoms with van der Waals surface area (Å²) in [4.78, 5) is 0. The van der Waals surface area contributed by atoms with E-state index in [2.05, 4.69) is 17.2 Å². The standard InChI is InChI=1S/C14H16ClN3/c1-9-2-5-12(7-13(9)15)18-14(10-3-4-10)6-11(8-16)17-18/h2,5-7,10H,3-4,8,16H2,1H3. The number of benzene rings is 1. The van der Waals surface area contributed by atoms with Crippen LogP contribution in [-0.2, 0) is 6.54 Å². The Balaban J connectivity index is 2.08.